The van der Waals surface area contributed by atoms with Gasteiger partial charge in [0.05, 0.1) is 24.6 Å². The minimum atomic E-state index is 0.0485. The van der Waals surface area contributed by atoms with E-state index in [4.69, 9.17) is 0 Å². The van der Waals surface area contributed by atoms with E-state index in [1.165, 1.54) is 16.3 Å². The SMILES string of the molecule is CC(=O)N1Cc2cc(Br)ccc2N(Cc2cnc[nH]2)C[C@H]1Cc1cccc2ccccc12. The number of rotatable bonds is 4. The van der Waals surface area contributed by atoms with Gasteiger partial charge in [0.15, 0.2) is 0 Å². The number of carbonyl (C=O) groups excluding carboxylic acids is 1. The second-order valence-corrected chi connectivity index (χ2v) is 9.29. The largest absolute Gasteiger partial charge is 0.363 e. The van der Waals surface area contributed by atoms with E-state index >= 15 is 0 Å². The number of anilines is 1. The number of hydrogen-bond donors (Lipinski definition) is 1. The zero-order valence-corrected chi connectivity index (χ0v) is 19.5. The third kappa shape index (κ3) is 4.15. The first-order chi connectivity index (χ1) is 15.6. The molecular weight excluding hydrogens is 464 g/mol. The van der Waals surface area contributed by atoms with Crippen molar-refractivity contribution < 1.29 is 4.79 Å². The molecule has 5 nitrogen and oxygen atoms in total. The van der Waals surface area contributed by atoms with E-state index in [9.17, 15) is 4.79 Å². The fraction of sp³-hybridized carbons (Fsp3) is 0.231. The van der Waals surface area contributed by atoms with Gasteiger partial charge in [-0.05, 0) is 46.5 Å². The second-order valence-electron chi connectivity index (χ2n) is 8.37. The van der Waals surface area contributed by atoms with Gasteiger partial charge in [-0.25, -0.2) is 4.98 Å². The molecule has 1 N–H and O–H groups in total. The Bertz CT molecular complexity index is 1250. The highest BCUT2D eigenvalue weighted by Gasteiger charge is 2.30. The van der Waals surface area contributed by atoms with Crippen LogP contribution in [-0.2, 0) is 24.3 Å². The van der Waals surface area contributed by atoms with Crippen molar-refractivity contribution in [3.63, 3.8) is 0 Å². The van der Waals surface area contributed by atoms with Crippen molar-refractivity contribution in [3.8, 4) is 0 Å². The number of hydrogen-bond acceptors (Lipinski definition) is 3. The molecule has 0 spiro atoms. The van der Waals surface area contributed by atoms with Crippen molar-refractivity contribution in [2.45, 2.75) is 32.5 Å². The number of carbonyl (C=O) groups is 1. The lowest BCUT2D eigenvalue weighted by Gasteiger charge is -2.32. The van der Waals surface area contributed by atoms with Gasteiger partial charge in [-0.3, -0.25) is 4.79 Å². The molecule has 162 valence electrons. The predicted octanol–water partition coefficient (Wildman–Crippen LogP) is 5.31. The van der Waals surface area contributed by atoms with Gasteiger partial charge in [-0.15, -0.1) is 0 Å². The van der Waals surface area contributed by atoms with Gasteiger partial charge in [0, 0.05) is 36.4 Å². The summed E-state index contributed by atoms with van der Waals surface area (Å²) in [5.74, 6) is 0.101. The Kier molecular flexibility index (Phi) is 5.70. The van der Waals surface area contributed by atoms with Crippen LogP contribution >= 0.6 is 15.9 Å². The summed E-state index contributed by atoms with van der Waals surface area (Å²) in [7, 11) is 0. The summed E-state index contributed by atoms with van der Waals surface area (Å²) in [4.78, 5) is 24.6. The fourth-order valence-electron chi connectivity index (χ4n) is 4.75. The van der Waals surface area contributed by atoms with E-state index in [-0.39, 0.29) is 11.9 Å². The topological polar surface area (TPSA) is 52.2 Å². The number of benzene rings is 3. The van der Waals surface area contributed by atoms with Crippen LogP contribution in [0.1, 0.15) is 23.7 Å². The van der Waals surface area contributed by atoms with Crippen LogP contribution < -0.4 is 4.90 Å². The van der Waals surface area contributed by atoms with Gasteiger partial charge >= 0.3 is 0 Å². The van der Waals surface area contributed by atoms with Gasteiger partial charge in [0.2, 0.25) is 5.91 Å². The molecule has 0 saturated heterocycles. The van der Waals surface area contributed by atoms with E-state index in [2.05, 4.69) is 91.5 Å². The summed E-state index contributed by atoms with van der Waals surface area (Å²) in [5.41, 5.74) is 4.64. The average Bonchev–Trinajstić information content (AvgIpc) is 3.24. The number of nitrogens with zero attached hydrogens (tertiary/aromatic N) is 3. The molecule has 6 heteroatoms. The maximum atomic E-state index is 12.8. The summed E-state index contributed by atoms with van der Waals surface area (Å²) >= 11 is 3.61. The van der Waals surface area contributed by atoms with Gasteiger partial charge in [0.1, 0.15) is 0 Å². The predicted molar refractivity (Wildman–Crippen MR) is 131 cm³/mol. The zero-order valence-electron chi connectivity index (χ0n) is 18.0. The maximum absolute atomic E-state index is 12.8. The van der Waals surface area contributed by atoms with Crippen molar-refractivity contribution in [2.75, 3.05) is 11.4 Å². The van der Waals surface area contributed by atoms with E-state index in [1.807, 2.05) is 11.1 Å². The molecular formula is C26H25BrN4O. The Hall–Kier alpha value is -3.12. The van der Waals surface area contributed by atoms with Crippen LogP contribution in [0.4, 0.5) is 5.69 Å². The highest BCUT2D eigenvalue weighted by molar-refractivity contribution is 9.10. The number of halogens is 1. The van der Waals surface area contributed by atoms with Crippen molar-refractivity contribution in [3.05, 3.63) is 94.5 Å². The van der Waals surface area contributed by atoms with Crippen LogP contribution in [0.3, 0.4) is 0 Å². The molecule has 3 aromatic carbocycles. The molecule has 1 amide bonds. The molecule has 0 bridgehead atoms. The van der Waals surface area contributed by atoms with Gasteiger partial charge < -0.3 is 14.8 Å². The summed E-state index contributed by atoms with van der Waals surface area (Å²) in [6, 6.07) is 21.3. The normalized spacial score (nSPS) is 16.1. The van der Waals surface area contributed by atoms with Crippen molar-refractivity contribution in [1.29, 1.82) is 0 Å². The molecule has 1 aliphatic rings. The zero-order chi connectivity index (χ0) is 22.1. The molecule has 0 unspecified atom stereocenters. The molecule has 1 atom stereocenters. The third-order valence-electron chi connectivity index (χ3n) is 6.25. The number of H-pyrrole nitrogens is 1. The minimum Gasteiger partial charge on any atom is -0.363 e. The highest BCUT2D eigenvalue weighted by Crippen LogP contribution is 2.32. The smallest absolute Gasteiger partial charge is 0.220 e. The lowest BCUT2D eigenvalue weighted by Crippen LogP contribution is -2.45. The molecule has 5 rings (SSSR count). The second kappa shape index (κ2) is 8.79. The quantitative estimate of drug-likeness (QED) is 0.423. The van der Waals surface area contributed by atoms with E-state index < -0.39 is 0 Å². The first-order valence-corrected chi connectivity index (χ1v) is 11.6. The summed E-state index contributed by atoms with van der Waals surface area (Å²) < 4.78 is 1.02. The molecule has 4 aromatic rings. The first kappa shape index (κ1) is 20.8. The van der Waals surface area contributed by atoms with E-state index in [0.717, 1.165) is 34.4 Å². The Morgan fingerprint density at radius 3 is 2.81 bits per heavy atom. The van der Waals surface area contributed by atoms with Crippen LogP contribution in [0.2, 0.25) is 0 Å². The number of amides is 1. The molecule has 0 aliphatic carbocycles. The van der Waals surface area contributed by atoms with Crippen molar-refractivity contribution in [2.24, 2.45) is 0 Å². The Balaban J connectivity index is 1.55. The number of imidazole rings is 1. The van der Waals surface area contributed by atoms with Gasteiger partial charge in [-0.2, -0.15) is 0 Å². The summed E-state index contributed by atoms with van der Waals surface area (Å²) in [5, 5.41) is 2.48. The van der Waals surface area contributed by atoms with Gasteiger partial charge in [0.25, 0.3) is 0 Å². The van der Waals surface area contributed by atoms with Crippen LogP contribution in [0.5, 0.6) is 0 Å². The highest BCUT2D eigenvalue weighted by atomic mass is 79.9. The number of nitrogens with one attached hydrogen (secondary N) is 1. The molecule has 2 heterocycles. The van der Waals surface area contributed by atoms with Crippen LogP contribution in [0, 0.1) is 0 Å². The molecule has 1 aromatic heterocycles. The average molecular weight is 489 g/mol. The molecule has 0 radical (unpaired) electrons. The Labute approximate surface area is 196 Å². The van der Waals surface area contributed by atoms with E-state index in [0.29, 0.717) is 13.1 Å². The standard InChI is InChI=1S/C26H25BrN4O/c1-18(32)31-14-21-11-22(27)9-10-26(21)30(15-23-13-28-17-29-23)16-24(31)12-20-7-4-6-19-5-2-3-8-25(19)20/h2-11,13,17,24H,12,14-16H2,1H3,(H,28,29)/t24-/m1/s1. The summed E-state index contributed by atoms with van der Waals surface area (Å²) in [6.07, 6.45) is 4.38. The molecule has 32 heavy (non-hydrogen) atoms. The monoisotopic (exact) mass is 488 g/mol. The Morgan fingerprint density at radius 1 is 1.16 bits per heavy atom. The number of aromatic nitrogens is 2. The number of fused-ring (bicyclic) bond motifs is 2. The fourth-order valence-corrected chi connectivity index (χ4v) is 5.16. The summed E-state index contributed by atoms with van der Waals surface area (Å²) in [6.45, 7) is 3.74. The molecule has 0 fully saturated rings. The lowest BCUT2D eigenvalue weighted by molar-refractivity contribution is -0.131. The molecule has 0 saturated carbocycles. The van der Waals surface area contributed by atoms with E-state index in [1.54, 1.807) is 13.3 Å². The number of aromatic amines is 1. The first-order valence-electron chi connectivity index (χ1n) is 10.8. The Morgan fingerprint density at radius 2 is 2.00 bits per heavy atom. The van der Waals surface area contributed by atoms with Crippen LogP contribution in [0.25, 0.3) is 10.8 Å². The van der Waals surface area contributed by atoms with Crippen LogP contribution in [0.15, 0.2) is 77.7 Å². The van der Waals surface area contributed by atoms with Crippen molar-refractivity contribution >= 4 is 38.3 Å². The van der Waals surface area contributed by atoms with Gasteiger partial charge in [-0.1, -0.05) is 58.4 Å². The minimum absolute atomic E-state index is 0.0485. The third-order valence-corrected chi connectivity index (χ3v) is 6.74. The molecule has 1 aliphatic heterocycles. The van der Waals surface area contributed by atoms with Crippen LogP contribution in [-0.4, -0.2) is 33.4 Å². The lowest BCUT2D eigenvalue weighted by atomic mass is 9.97. The maximum Gasteiger partial charge on any atom is 0.220 e. The van der Waals surface area contributed by atoms with Crippen molar-refractivity contribution in [1.82, 2.24) is 14.9 Å².